The van der Waals surface area contributed by atoms with Gasteiger partial charge in [-0.1, -0.05) is 27.7 Å². The van der Waals surface area contributed by atoms with E-state index in [4.69, 9.17) is 0 Å². The molecule has 0 aromatic carbocycles. The summed E-state index contributed by atoms with van der Waals surface area (Å²) in [5, 5.41) is 9.91. The normalized spacial score (nSPS) is 28.6. The number of hydrogen-bond acceptors (Lipinski definition) is 2. The summed E-state index contributed by atoms with van der Waals surface area (Å²) in [6, 6.07) is 0.367. The Balaban J connectivity index is 2.33. The second kappa shape index (κ2) is 4.45. The van der Waals surface area contributed by atoms with Crippen LogP contribution < -0.4 is 0 Å². The Hall–Kier alpha value is -0.830. The van der Waals surface area contributed by atoms with Crippen molar-refractivity contribution >= 4 is 0 Å². The van der Waals surface area contributed by atoms with E-state index >= 15 is 0 Å². The zero-order chi connectivity index (χ0) is 12.6. The highest BCUT2D eigenvalue weighted by atomic mass is 16.3. The Morgan fingerprint density at radius 3 is 2.82 bits per heavy atom. The monoisotopic (exact) mass is 236 g/mol. The van der Waals surface area contributed by atoms with Crippen molar-refractivity contribution in [1.82, 2.24) is 9.55 Å². The van der Waals surface area contributed by atoms with Crippen molar-refractivity contribution in [3.63, 3.8) is 0 Å². The van der Waals surface area contributed by atoms with E-state index in [1.54, 1.807) is 0 Å². The van der Waals surface area contributed by atoms with Crippen LogP contribution in [-0.4, -0.2) is 20.8 Å². The number of imidazole rings is 1. The van der Waals surface area contributed by atoms with Crippen LogP contribution in [0.5, 0.6) is 0 Å². The quantitative estimate of drug-likeness (QED) is 0.856. The molecule has 1 aromatic heterocycles. The Kier molecular flexibility index (Phi) is 3.30. The standard InChI is InChI=1S/C14H24N2O/c1-10(2)13-15-7-8-16(13)12-9-11(17)5-6-14(12,3)4/h7-8,10-12,17H,5-6,9H2,1-4H3. The fourth-order valence-electron chi connectivity index (χ4n) is 2.93. The summed E-state index contributed by atoms with van der Waals surface area (Å²) in [5.74, 6) is 1.57. The molecule has 0 saturated heterocycles. The summed E-state index contributed by atoms with van der Waals surface area (Å²) in [6.45, 7) is 8.94. The number of hydrogen-bond donors (Lipinski definition) is 1. The van der Waals surface area contributed by atoms with Crippen LogP contribution in [0.3, 0.4) is 0 Å². The molecule has 3 nitrogen and oxygen atoms in total. The first-order valence-electron chi connectivity index (χ1n) is 6.62. The molecule has 1 fully saturated rings. The van der Waals surface area contributed by atoms with Crippen molar-refractivity contribution in [2.24, 2.45) is 5.41 Å². The summed E-state index contributed by atoms with van der Waals surface area (Å²) < 4.78 is 2.28. The van der Waals surface area contributed by atoms with Crippen LogP contribution in [-0.2, 0) is 0 Å². The SMILES string of the molecule is CC(C)c1nccn1C1CC(O)CCC1(C)C. The minimum Gasteiger partial charge on any atom is -0.393 e. The number of aromatic nitrogens is 2. The maximum atomic E-state index is 9.91. The van der Waals surface area contributed by atoms with Crippen LogP contribution in [0, 0.1) is 5.41 Å². The maximum absolute atomic E-state index is 9.91. The Morgan fingerprint density at radius 1 is 1.47 bits per heavy atom. The average molecular weight is 236 g/mol. The molecule has 1 saturated carbocycles. The van der Waals surface area contributed by atoms with Gasteiger partial charge >= 0.3 is 0 Å². The van der Waals surface area contributed by atoms with Crippen LogP contribution in [0.4, 0.5) is 0 Å². The molecule has 1 N–H and O–H groups in total. The van der Waals surface area contributed by atoms with Gasteiger partial charge in [0, 0.05) is 24.4 Å². The minimum absolute atomic E-state index is 0.157. The molecule has 1 aromatic rings. The van der Waals surface area contributed by atoms with E-state index in [1.165, 1.54) is 0 Å². The fraction of sp³-hybridized carbons (Fsp3) is 0.786. The van der Waals surface area contributed by atoms with E-state index in [2.05, 4.69) is 43.4 Å². The summed E-state index contributed by atoms with van der Waals surface area (Å²) in [5.41, 5.74) is 0.240. The highest BCUT2D eigenvalue weighted by Gasteiger charge is 2.37. The molecule has 3 heteroatoms. The van der Waals surface area contributed by atoms with Gasteiger partial charge in [0.05, 0.1) is 6.10 Å². The summed E-state index contributed by atoms with van der Waals surface area (Å²) in [7, 11) is 0. The van der Waals surface area contributed by atoms with Gasteiger partial charge in [-0.05, 0) is 24.7 Å². The molecule has 2 atom stereocenters. The van der Waals surface area contributed by atoms with Gasteiger partial charge in [0.1, 0.15) is 5.82 Å². The molecule has 2 rings (SSSR count). The van der Waals surface area contributed by atoms with Gasteiger partial charge in [-0.2, -0.15) is 0 Å². The van der Waals surface area contributed by atoms with Crippen LogP contribution in [0.15, 0.2) is 12.4 Å². The van der Waals surface area contributed by atoms with E-state index in [9.17, 15) is 5.11 Å². The van der Waals surface area contributed by atoms with Crippen molar-refractivity contribution in [1.29, 1.82) is 0 Å². The molecule has 1 heterocycles. The van der Waals surface area contributed by atoms with Gasteiger partial charge in [-0.25, -0.2) is 4.98 Å². The summed E-state index contributed by atoms with van der Waals surface area (Å²) in [6.07, 6.45) is 6.65. The van der Waals surface area contributed by atoms with Gasteiger partial charge in [-0.15, -0.1) is 0 Å². The molecule has 0 aliphatic heterocycles. The van der Waals surface area contributed by atoms with Crippen molar-refractivity contribution in [3.05, 3.63) is 18.2 Å². The van der Waals surface area contributed by atoms with Crippen LogP contribution >= 0.6 is 0 Å². The third-order valence-corrected chi connectivity index (χ3v) is 4.07. The molecule has 0 spiro atoms. The van der Waals surface area contributed by atoms with Crippen LogP contribution in [0.1, 0.15) is 64.7 Å². The first kappa shape index (κ1) is 12.6. The zero-order valence-corrected chi connectivity index (χ0v) is 11.3. The molecule has 0 bridgehead atoms. The van der Waals surface area contributed by atoms with Gasteiger partial charge in [0.2, 0.25) is 0 Å². The van der Waals surface area contributed by atoms with E-state index < -0.39 is 0 Å². The van der Waals surface area contributed by atoms with E-state index in [0.717, 1.165) is 25.1 Å². The number of aliphatic hydroxyl groups excluding tert-OH is 1. The third kappa shape index (κ3) is 2.39. The van der Waals surface area contributed by atoms with Crippen molar-refractivity contribution < 1.29 is 5.11 Å². The predicted molar refractivity (Wildman–Crippen MR) is 69.0 cm³/mol. The van der Waals surface area contributed by atoms with Gasteiger partial charge in [-0.3, -0.25) is 0 Å². The van der Waals surface area contributed by atoms with Crippen LogP contribution in [0.2, 0.25) is 0 Å². The van der Waals surface area contributed by atoms with Gasteiger partial charge in [0.25, 0.3) is 0 Å². The minimum atomic E-state index is -0.157. The largest absolute Gasteiger partial charge is 0.393 e. The van der Waals surface area contributed by atoms with Gasteiger partial charge in [0.15, 0.2) is 0 Å². The molecule has 96 valence electrons. The Labute approximate surface area is 104 Å². The lowest BCUT2D eigenvalue weighted by Gasteiger charge is -2.42. The first-order valence-corrected chi connectivity index (χ1v) is 6.62. The topological polar surface area (TPSA) is 38.0 Å². The molecule has 0 radical (unpaired) electrons. The molecule has 0 amide bonds. The van der Waals surface area contributed by atoms with Crippen molar-refractivity contribution in [2.45, 2.75) is 65.0 Å². The maximum Gasteiger partial charge on any atom is 0.111 e. The highest BCUT2D eigenvalue weighted by Crippen LogP contribution is 2.44. The third-order valence-electron chi connectivity index (χ3n) is 4.07. The molecule has 2 unspecified atom stereocenters. The molecular formula is C14H24N2O. The lowest BCUT2D eigenvalue weighted by Crippen LogP contribution is -2.36. The Bertz CT molecular complexity index is 381. The fourth-order valence-corrected chi connectivity index (χ4v) is 2.93. The smallest absolute Gasteiger partial charge is 0.111 e. The molecule has 17 heavy (non-hydrogen) atoms. The van der Waals surface area contributed by atoms with Crippen LogP contribution in [0.25, 0.3) is 0 Å². The molecule has 1 aliphatic carbocycles. The molecule has 1 aliphatic rings. The highest BCUT2D eigenvalue weighted by molar-refractivity contribution is 5.04. The summed E-state index contributed by atoms with van der Waals surface area (Å²) in [4.78, 5) is 4.46. The Morgan fingerprint density at radius 2 is 2.18 bits per heavy atom. The lowest BCUT2D eigenvalue weighted by atomic mass is 9.72. The number of rotatable bonds is 2. The molecular weight excluding hydrogens is 212 g/mol. The summed E-state index contributed by atoms with van der Waals surface area (Å²) >= 11 is 0. The van der Waals surface area contributed by atoms with E-state index in [1.807, 2.05) is 6.20 Å². The van der Waals surface area contributed by atoms with E-state index in [-0.39, 0.29) is 11.5 Å². The predicted octanol–water partition coefficient (Wildman–Crippen LogP) is 3.12. The second-order valence-corrected chi connectivity index (χ2v) is 6.28. The lowest BCUT2D eigenvalue weighted by molar-refractivity contribution is 0.0329. The second-order valence-electron chi connectivity index (χ2n) is 6.28. The number of aliphatic hydroxyl groups is 1. The zero-order valence-electron chi connectivity index (χ0n) is 11.3. The van der Waals surface area contributed by atoms with Crippen molar-refractivity contribution in [2.75, 3.05) is 0 Å². The van der Waals surface area contributed by atoms with Crippen molar-refractivity contribution in [3.8, 4) is 0 Å². The first-order chi connectivity index (χ1) is 7.92. The van der Waals surface area contributed by atoms with E-state index in [0.29, 0.717) is 12.0 Å². The average Bonchev–Trinajstić information content (AvgIpc) is 2.70. The number of nitrogens with zero attached hydrogens (tertiary/aromatic N) is 2. The van der Waals surface area contributed by atoms with Gasteiger partial charge < -0.3 is 9.67 Å².